The smallest absolute Gasteiger partial charge is 0.248 e. The van der Waals surface area contributed by atoms with Crippen LogP contribution in [0.25, 0.3) is 10.9 Å². The first-order chi connectivity index (χ1) is 10.0. The summed E-state index contributed by atoms with van der Waals surface area (Å²) in [7, 11) is 0. The maximum Gasteiger partial charge on any atom is 0.248 e. The zero-order chi connectivity index (χ0) is 15.0. The van der Waals surface area contributed by atoms with Crippen LogP contribution in [-0.4, -0.2) is 10.5 Å². The van der Waals surface area contributed by atoms with Gasteiger partial charge in [-0.25, -0.2) is 4.39 Å². The van der Waals surface area contributed by atoms with Crippen LogP contribution in [-0.2, 0) is 6.54 Å². The van der Waals surface area contributed by atoms with Gasteiger partial charge in [0.1, 0.15) is 5.82 Å². The Balaban J connectivity index is 1.99. The van der Waals surface area contributed by atoms with Gasteiger partial charge >= 0.3 is 0 Å². The van der Waals surface area contributed by atoms with Crippen molar-refractivity contribution in [3.63, 3.8) is 0 Å². The van der Waals surface area contributed by atoms with E-state index in [4.69, 9.17) is 5.73 Å². The molecule has 0 bridgehead atoms. The lowest BCUT2D eigenvalue weighted by Crippen LogP contribution is -2.12. The molecule has 1 aromatic heterocycles. The number of aromatic nitrogens is 1. The van der Waals surface area contributed by atoms with Gasteiger partial charge in [0.05, 0.1) is 6.54 Å². The molecule has 0 aliphatic rings. The van der Waals surface area contributed by atoms with Gasteiger partial charge in [0.15, 0.2) is 0 Å². The Kier molecular flexibility index (Phi) is 3.22. The number of amides is 1. The molecule has 0 saturated carbocycles. The number of hydrogen-bond acceptors (Lipinski definition) is 1. The standard InChI is InChI=1S/C17H15FN2O/c1-11-2-3-12-6-7-20(16(12)8-11)10-14-5-4-13(17(19)21)9-15(14)18/h2-9H,10H2,1H3,(H2,19,21). The summed E-state index contributed by atoms with van der Waals surface area (Å²) in [6.45, 7) is 2.44. The minimum absolute atomic E-state index is 0.185. The normalized spacial score (nSPS) is 11.0. The van der Waals surface area contributed by atoms with Crippen LogP contribution in [0.15, 0.2) is 48.7 Å². The molecular weight excluding hydrogens is 267 g/mol. The lowest BCUT2D eigenvalue weighted by atomic mass is 10.1. The lowest BCUT2D eigenvalue weighted by molar-refractivity contribution is 0.1000. The first-order valence-electron chi connectivity index (χ1n) is 6.68. The number of rotatable bonds is 3. The topological polar surface area (TPSA) is 48.0 Å². The highest BCUT2D eigenvalue weighted by molar-refractivity contribution is 5.92. The van der Waals surface area contributed by atoms with Gasteiger partial charge in [-0.15, -0.1) is 0 Å². The van der Waals surface area contributed by atoms with Crippen LogP contribution in [0.4, 0.5) is 4.39 Å². The summed E-state index contributed by atoms with van der Waals surface area (Å²) in [6, 6.07) is 12.5. The average Bonchev–Trinajstić information content (AvgIpc) is 2.83. The molecular formula is C17H15FN2O. The third-order valence-electron chi connectivity index (χ3n) is 3.61. The first kappa shape index (κ1) is 13.4. The number of nitrogens with two attached hydrogens (primary N) is 1. The van der Waals surface area contributed by atoms with E-state index < -0.39 is 11.7 Å². The van der Waals surface area contributed by atoms with E-state index in [9.17, 15) is 9.18 Å². The molecule has 0 spiro atoms. The van der Waals surface area contributed by atoms with E-state index in [1.165, 1.54) is 6.07 Å². The molecule has 1 heterocycles. The van der Waals surface area contributed by atoms with Gasteiger partial charge in [-0.05, 0) is 42.1 Å². The first-order valence-corrected chi connectivity index (χ1v) is 6.68. The molecule has 0 radical (unpaired) electrons. The van der Waals surface area contributed by atoms with Crippen LogP contribution < -0.4 is 5.73 Å². The van der Waals surface area contributed by atoms with Gasteiger partial charge in [0.2, 0.25) is 5.91 Å². The molecule has 0 aliphatic carbocycles. The van der Waals surface area contributed by atoms with Crippen molar-refractivity contribution in [1.29, 1.82) is 0 Å². The largest absolute Gasteiger partial charge is 0.366 e. The van der Waals surface area contributed by atoms with Crippen molar-refractivity contribution in [3.8, 4) is 0 Å². The number of carbonyl (C=O) groups is 1. The Bertz CT molecular complexity index is 836. The third-order valence-corrected chi connectivity index (χ3v) is 3.61. The highest BCUT2D eigenvalue weighted by atomic mass is 19.1. The van der Waals surface area contributed by atoms with Crippen LogP contribution in [0.1, 0.15) is 21.5 Å². The summed E-state index contributed by atoms with van der Waals surface area (Å²) in [4.78, 5) is 11.0. The molecule has 0 saturated heterocycles. The zero-order valence-electron chi connectivity index (χ0n) is 11.6. The highest BCUT2D eigenvalue weighted by Gasteiger charge is 2.09. The second-order valence-corrected chi connectivity index (χ2v) is 5.18. The summed E-state index contributed by atoms with van der Waals surface area (Å²) in [5, 5.41) is 1.12. The minimum atomic E-state index is -0.623. The number of nitrogens with zero attached hydrogens (tertiary/aromatic N) is 1. The van der Waals surface area contributed by atoms with Gasteiger partial charge in [0, 0.05) is 22.8 Å². The van der Waals surface area contributed by atoms with Crippen molar-refractivity contribution in [3.05, 3.63) is 71.2 Å². The van der Waals surface area contributed by atoms with E-state index in [0.29, 0.717) is 12.1 Å². The Hall–Kier alpha value is -2.62. The van der Waals surface area contributed by atoms with Crippen LogP contribution in [0, 0.1) is 12.7 Å². The fourth-order valence-corrected chi connectivity index (χ4v) is 2.44. The van der Waals surface area contributed by atoms with Gasteiger partial charge < -0.3 is 10.3 Å². The molecule has 4 heteroatoms. The molecule has 3 aromatic rings. The van der Waals surface area contributed by atoms with Crippen LogP contribution in [0.2, 0.25) is 0 Å². The lowest BCUT2D eigenvalue weighted by Gasteiger charge is -2.08. The molecule has 21 heavy (non-hydrogen) atoms. The van der Waals surface area contributed by atoms with E-state index in [2.05, 4.69) is 12.1 Å². The van der Waals surface area contributed by atoms with E-state index in [0.717, 1.165) is 16.5 Å². The summed E-state index contributed by atoms with van der Waals surface area (Å²) in [5.74, 6) is -1.04. The summed E-state index contributed by atoms with van der Waals surface area (Å²) >= 11 is 0. The molecule has 0 fully saturated rings. The molecule has 2 N–H and O–H groups in total. The monoisotopic (exact) mass is 282 g/mol. The van der Waals surface area contributed by atoms with Crippen molar-refractivity contribution < 1.29 is 9.18 Å². The Labute approximate surface area is 121 Å². The Morgan fingerprint density at radius 2 is 2.00 bits per heavy atom. The van der Waals surface area contributed by atoms with E-state index in [1.807, 2.05) is 29.8 Å². The van der Waals surface area contributed by atoms with Crippen molar-refractivity contribution in [2.45, 2.75) is 13.5 Å². The van der Waals surface area contributed by atoms with Crippen molar-refractivity contribution >= 4 is 16.8 Å². The molecule has 0 unspecified atom stereocenters. The molecule has 3 nitrogen and oxygen atoms in total. The second-order valence-electron chi connectivity index (χ2n) is 5.18. The fraction of sp³-hybridized carbons (Fsp3) is 0.118. The number of benzene rings is 2. The summed E-state index contributed by atoms with van der Waals surface area (Å²) in [6.07, 6.45) is 1.94. The van der Waals surface area contributed by atoms with Crippen LogP contribution in [0.5, 0.6) is 0 Å². The zero-order valence-corrected chi connectivity index (χ0v) is 11.6. The predicted molar refractivity (Wildman–Crippen MR) is 80.7 cm³/mol. The SMILES string of the molecule is Cc1ccc2ccn(Cc3ccc(C(N)=O)cc3F)c2c1. The second kappa shape index (κ2) is 5.05. The fourth-order valence-electron chi connectivity index (χ4n) is 2.44. The van der Waals surface area contributed by atoms with Gasteiger partial charge in [-0.3, -0.25) is 4.79 Å². The summed E-state index contributed by atoms with van der Waals surface area (Å²) in [5.41, 5.74) is 8.08. The van der Waals surface area contributed by atoms with Crippen LogP contribution >= 0.6 is 0 Å². The number of aryl methyl sites for hydroxylation is 1. The molecule has 0 atom stereocenters. The Morgan fingerprint density at radius 3 is 2.71 bits per heavy atom. The average molecular weight is 282 g/mol. The summed E-state index contributed by atoms with van der Waals surface area (Å²) < 4.78 is 16.1. The highest BCUT2D eigenvalue weighted by Crippen LogP contribution is 2.20. The van der Waals surface area contributed by atoms with Gasteiger partial charge in [-0.1, -0.05) is 18.2 Å². The van der Waals surface area contributed by atoms with E-state index >= 15 is 0 Å². The predicted octanol–water partition coefficient (Wildman–Crippen LogP) is 3.24. The number of carbonyl (C=O) groups excluding carboxylic acids is 1. The van der Waals surface area contributed by atoms with Crippen molar-refractivity contribution in [2.24, 2.45) is 5.73 Å². The number of halogens is 1. The molecule has 106 valence electrons. The number of hydrogen-bond donors (Lipinski definition) is 1. The van der Waals surface area contributed by atoms with Crippen molar-refractivity contribution in [1.82, 2.24) is 4.57 Å². The molecule has 0 aliphatic heterocycles. The van der Waals surface area contributed by atoms with E-state index in [1.54, 1.807) is 12.1 Å². The Morgan fingerprint density at radius 1 is 1.19 bits per heavy atom. The van der Waals surface area contributed by atoms with E-state index in [-0.39, 0.29) is 5.56 Å². The maximum atomic E-state index is 14.1. The molecule has 2 aromatic carbocycles. The van der Waals surface area contributed by atoms with Gasteiger partial charge in [-0.2, -0.15) is 0 Å². The number of fused-ring (bicyclic) bond motifs is 1. The molecule has 3 rings (SSSR count). The quantitative estimate of drug-likeness (QED) is 0.787. The molecule has 1 amide bonds. The minimum Gasteiger partial charge on any atom is -0.366 e. The number of primary amides is 1. The van der Waals surface area contributed by atoms with Crippen LogP contribution in [0.3, 0.4) is 0 Å². The van der Waals surface area contributed by atoms with Crippen molar-refractivity contribution in [2.75, 3.05) is 0 Å². The maximum absolute atomic E-state index is 14.1. The van der Waals surface area contributed by atoms with Gasteiger partial charge in [0.25, 0.3) is 0 Å². The third kappa shape index (κ3) is 2.52.